The van der Waals surface area contributed by atoms with Crippen LogP contribution in [0.2, 0.25) is 0 Å². The van der Waals surface area contributed by atoms with Crippen LogP contribution in [0.3, 0.4) is 0 Å². The Morgan fingerprint density at radius 3 is 2.44 bits per heavy atom. The van der Waals surface area contributed by atoms with Crippen LogP contribution in [0.1, 0.15) is 32.6 Å². The first-order valence-corrected chi connectivity index (χ1v) is 8.86. The summed E-state index contributed by atoms with van der Waals surface area (Å²) in [6.45, 7) is 3.92. The molecule has 1 heterocycles. The van der Waals surface area contributed by atoms with E-state index in [-0.39, 0.29) is 11.6 Å². The fourth-order valence-electron chi connectivity index (χ4n) is 2.40. The Hall–Kier alpha value is -2.63. The molecule has 0 aliphatic rings. The molecule has 2 N–H and O–H groups in total. The summed E-state index contributed by atoms with van der Waals surface area (Å²) < 4.78 is 1.49. The fourth-order valence-corrected chi connectivity index (χ4v) is 2.40. The van der Waals surface area contributed by atoms with Crippen LogP contribution in [0, 0.1) is 0 Å². The van der Waals surface area contributed by atoms with Crippen LogP contribution in [0.15, 0.2) is 47.3 Å². The zero-order valence-corrected chi connectivity index (χ0v) is 14.7. The molecule has 25 heavy (non-hydrogen) atoms. The second kappa shape index (κ2) is 10.3. The number of carbonyl (C=O) groups excluding carboxylic acids is 1. The highest BCUT2D eigenvalue weighted by molar-refractivity contribution is 5.73. The highest BCUT2D eigenvalue weighted by Gasteiger charge is 2.03. The Bertz CT molecular complexity index is 713. The van der Waals surface area contributed by atoms with Gasteiger partial charge in [0.25, 0.3) is 5.56 Å². The predicted octanol–water partition coefficient (Wildman–Crippen LogP) is 2.79. The summed E-state index contributed by atoms with van der Waals surface area (Å²) in [5.74, 6) is 0. The lowest BCUT2D eigenvalue weighted by atomic mass is 10.1. The summed E-state index contributed by atoms with van der Waals surface area (Å²) in [6, 6.07) is 13.0. The average Bonchev–Trinajstić information content (AvgIpc) is 2.64. The first-order valence-electron chi connectivity index (χ1n) is 8.86. The van der Waals surface area contributed by atoms with Gasteiger partial charge in [-0.05, 0) is 25.3 Å². The lowest BCUT2D eigenvalue weighted by Crippen LogP contribution is -2.36. The molecule has 2 amide bonds. The molecule has 6 nitrogen and oxygen atoms in total. The van der Waals surface area contributed by atoms with Crippen LogP contribution in [0.4, 0.5) is 4.79 Å². The Balaban J connectivity index is 1.77. The molecule has 0 saturated carbocycles. The number of unbranched alkanes of at least 4 members (excludes halogenated alkanes) is 2. The first kappa shape index (κ1) is 18.7. The monoisotopic (exact) mass is 342 g/mol. The van der Waals surface area contributed by atoms with Crippen LogP contribution in [-0.2, 0) is 6.54 Å². The van der Waals surface area contributed by atoms with Crippen molar-refractivity contribution in [2.45, 2.75) is 39.2 Å². The maximum Gasteiger partial charge on any atom is 0.314 e. The standard InChI is InChI=1S/C19H26N4O2/c1-2-3-13-20-19(25)21-14-7-8-15-23-18(24)12-11-17(22-23)16-9-5-4-6-10-16/h4-6,9-12H,2-3,7-8,13-15H2,1H3,(H2,20,21,25). The SMILES string of the molecule is CCCCNC(=O)NCCCCn1nc(-c2ccccc2)ccc1=O. The molecule has 1 aromatic carbocycles. The molecule has 0 atom stereocenters. The van der Waals surface area contributed by atoms with E-state index in [0.29, 0.717) is 19.6 Å². The number of nitrogens with zero attached hydrogens (tertiary/aromatic N) is 2. The van der Waals surface area contributed by atoms with Crippen LogP contribution in [0.5, 0.6) is 0 Å². The van der Waals surface area contributed by atoms with Crippen LogP contribution >= 0.6 is 0 Å². The van der Waals surface area contributed by atoms with Crippen molar-refractivity contribution < 1.29 is 4.79 Å². The molecule has 0 unspecified atom stereocenters. The first-order chi connectivity index (χ1) is 12.2. The summed E-state index contributed by atoms with van der Waals surface area (Å²) >= 11 is 0. The maximum atomic E-state index is 11.9. The molecule has 0 aliphatic heterocycles. The van der Waals surface area contributed by atoms with E-state index in [1.807, 2.05) is 30.3 Å². The van der Waals surface area contributed by atoms with Crippen molar-refractivity contribution in [2.24, 2.45) is 0 Å². The van der Waals surface area contributed by atoms with E-state index in [1.165, 1.54) is 4.68 Å². The smallest absolute Gasteiger partial charge is 0.314 e. The van der Waals surface area contributed by atoms with Gasteiger partial charge in [-0.25, -0.2) is 9.48 Å². The molecule has 0 aliphatic carbocycles. The van der Waals surface area contributed by atoms with Crippen molar-refractivity contribution in [1.82, 2.24) is 20.4 Å². The molecule has 0 radical (unpaired) electrons. The third-order valence-corrected chi connectivity index (χ3v) is 3.83. The highest BCUT2D eigenvalue weighted by Crippen LogP contribution is 2.14. The van der Waals surface area contributed by atoms with Gasteiger partial charge in [-0.2, -0.15) is 5.10 Å². The van der Waals surface area contributed by atoms with Crippen molar-refractivity contribution in [1.29, 1.82) is 0 Å². The normalized spacial score (nSPS) is 10.4. The van der Waals surface area contributed by atoms with Gasteiger partial charge >= 0.3 is 6.03 Å². The zero-order valence-electron chi connectivity index (χ0n) is 14.7. The summed E-state index contributed by atoms with van der Waals surface area (Å²) in [4.78, 5) is 23.5. The molecule has 0 fully saturated rings. The van der Waals surface area contributed by atoms with Gasteiger partial charge in [-0.1, -0.05) is 43.7 Å². The van der Waals surface area contributed by atoms with E-state index in [9.17, 15) is 9.59 Å². The minimum atomic E-state index is -0.130. The Morgan fingerprint density at radius 2 is 1.72 bits per heavy atom. The summed E-state index contributed by atoms with van der Waals surface area (Å²) in [7, 11) is 0. The lowest BCUT2D eigenvalue weighted by molar-refractivity contribution is 0.240. The van der Waals surface area contributed by atoms with Gasteiger partial charge in [0.05, 0.1) is 5.69 Å². The van der Waals surface area contributed by atoms with E-state index in [4.69, 9.17) is 0 Å². The number of aryl methyl sites for hydroxylation is 1. The van der Waals surface area contributed by atoms with Gasteiger partial charge in [0.15, 0.2) is 0 Å². The van der Waals surface area contributed by atoms with E-state index < -0.39 is 0 Å². The minimum Gasteiger partial charge on any atom is -0.338 e. The predicted molar refractivity (Wildman–Crippen MR) is 99.5 cm³/mol. The van der Waals surface area contributed by atoms with Gasteiger partial charge < -0.3 is 10.6 Å². The zero-order chi connectivity index (χ0) is 17.9. The Labute approximate surface area is 148 Å². The van der Waals surface area contributed by atoms with Crippen molar-refractivity contribution >= 4 is 6.03 Å². The molecule has 6 heteroatoms. The van der Waals surface area contributed by atoms with Gasteiger partial charge in [0.2, 0.25) is 0 Å². The fraction of sp³-hybridized carbons (Fsp3) is 0.421. The summed E-state index contributed by atoms with van der Waals surface area (Å²) in [6.07, 6.45) is 3.62. The Kier molecular flexibility index (Phi) is 7.69. The van der Waals surface area contributed by atoms with Gasteiger partial charge in [0.1, 0.15) is 0 Å². The minimum absolute atomic E-state index is 0.107. The van der Waals surface area contributed by atoms with Crippen molar-refractivity contribution in [2.75, 3.05) is 13.1 Å². The van der Waals surface area contributed by atoms with Crippen molar-refractivity contribution in [3.8, 4) is 11.3 Å². The quantitative estimate of drug-likeness (QED) is 0.688. The number of urea groups is 1. The molecule has 0 bridgehead atoms. The lowest BCUT2D eigenvalue weighted by Gasteiger charge is -2.08. The number of benzene rings is 1. The molecule has 2 aromatic rings. The van der Waals surface area contributed by atoms with E-state index in [1.54, 1.807) is 12.1 Å². The molecule has 1 aromatic heterocycles. The van der Waals surface area contributed by atoms with Gasteiger partial charge in [0, 0.05) is 31.3 Å². The van der Waals surface area contributed by atoms with Gasteiger partial charge in [-0.15, -0.1) is 0 Å². The average molecular weight is 342 g/mol. The van der Waals surface area contributed by atoms with E-state index in [0.717, 1.165) is 36.9 Å². The number of hydrogen-bond donors (Lipinski definition) is 2. The molecule has 0 spiro atoms. The topological polar surface area (TPSA) is 76.0 Å². The molecule has 2 rings (SSSR count). The number of rotatable bonds is 9. The third kappa shape index (κ3) is 6.41. The second-order valence-electron chi connectivity index (χ2n) is 5.89. The molecular weight excluding hydrogens is 316 g/mol. The van der Waals surface area contributed by atoms with Gasteiger partial charge in [-0.3, -0.25) is 4.79 Å². The third-order valence-electron chi connectivity index (χ3n) is 3.83. The maximum absolute atomic E-state index is 11.9. The number of carbonyl (C=O) groups is 1. The molecular formula is C19H26N4O2. The highest BCUT2D eigenvalue weighted by atomic mass is 16.2. The number of nitrogens with one attached hydrogen (secondary N) is 2. The van der Waals surface area contributed by atoms with Crippen molar-refractivity contribution in [3.63, 3.8) is 0 Å². The van der Waals surface area contributed by atoms with Crippen LogP contribution in [0.25, 0.3) is 11.3 Å². The van der Waals surface area contributed by atoms with E-state index in [2.05, 4.69) is 22.7 Å². The number of amides is 2. The number of aromatic nitrogens is 2. The van der Waals surface area contributed by atoms with Crippen LogP contribution in [-0.4, -0.2) is 28.9 Å². The molecule has 0 saturated heterocycles. The summed E-state index contributed by atoms with van der Waals surface area (Å²) in [5, 5.41) is 10.1. The Morgan fingerprint density at radius 1 is 1.00 bits per heavy atom. The summed E-state index contributed by atoms with van der Waals surface area (Å²) in [5.41, 5.74) is 1.67. The second-order valence-corrected chi connectivity index (χ2v) is 5.89. The van der Waals surface area contributed by atoms with Crippen LogP contribution < -0.4 is 16.2 Å². The van der Waals surface area contributed by atoms with Crippen molar-refractivity contribution in [3.05, 3.63) is 52.8 Å². The largest absolute Gasteiger partial charge is 0.338 e. The number of hydrogen-bond acceptors (Lipinski definition) is 3. The molecule has 134 valence electrons. The van der Waals surface area contributed by atoms with E-state index >= 15 is 0 Å².